The summed E-state index contributed by atoms with van der Waals surface area (Å²) in [6, 6.07) is 13.9. The highest BCUT2D eigenvalue weighted by atomic mass is 19.4. The first kappa shape index (κ1) is 24.7. The SMILES string of the molecule is O=C(O)/C=C/c1ccc(-c2ccc(OC(F)(F)CF)cc2)cc1Oc1ccc(C(F)(F)F)cc1. The Balaban J connectivity index is 1.92. The summed E-state index contributed by atoms with van der Waals surface area (Å²) in [4.78, 5) is 10.9. The maximum atomic E-state index is 13.1. The molecule has 0 aliphatic rings. The lowest BCUT2D eigenvalue weighted by atomic mass is 10.0. The fourth-order valence-corrected chi connectivity index (χ4v) is 2.86. The van der Waals surface area contributed by atoms with E-state index < -0.39 is 30.5 Å². The van der Waals surface area contributed by atoms with Gasteiger partial charge in [-0.1, -0.05) is 24.3 Å². The Bertz CT molecular complexity index is 1170. The molecule has 0 saturated carbocycles. The molecule has 0 fully saturated rings. The van der Waals surface area contributed by atoms with E-state index in [1.807, 2.05) is 0 Å². The van der Waals surface area contributed by atoms with Crippen LogP contribution in [0.3, 0.4) is 0 Å². The van der Waals surface area contributed by atoms with Gasteiger partial charge in [0.2, 0.25) is 0 Å². The number of halogens is 6. The topological polar surface area (TPSA) is 55.8 Å². The predicted molar refractivity (Wildman–Crippen MR) is 112 cm³/mol. The van der Waals surface area contributed by atoms with Gasteiger partial charge in [0, 0.05) is 11.6 Å². The number of ether oxygens (including phenoxy) is 2. The molecule has 0 saturated heterocycles. The molecule has 0 aromatic heterocycles. The van der Waals surface area contributed by atoms with Crippen molar-refractivity contribution < 1.29 is 45.7 Å². The number of aliphatic carboxylic acids is 1. The molecule has 0 bridgehead atoms. The van der Waals surface area contributed by atoms with Crippen molar-refractivity contribution in [2.24, 2.45) is 0 Å². The number of carbonyl (C=O) groups is 1. The summed E-state index contributed by atoms with van der Waals surface area (Å²) in [7, 11) is 0. The van der Waals surface area contributed by atoms with Gasteiger partial charge in [0.15, 0.2) is 6.67 Å². The lowest BCUT2D eigenvalue weighted by Gasteiger charge is -2.15. The van der Waals surface area contributed by atoms with Crippen LogP contribution in [0.5, 0.6) is 17.2 Å². The molecule has 0 atom stereocenters. The normalized spacial score (nSPS) is 12.1. The molecule has 178 valence electrons. The highest BCUT2D eigenvalue weighted by molar-refractivity contribution is 5.86. The molecule has 0 aliphatic carbocycles. The van der Waals surface area contributed by atoms with Gasteiger partial charge in [0.1, 0.15) is 17.2 Å². The van der Waals surface area contributed by atoms with Crippen molar-refractivity contribution in [2.45, 2.75) is 12.3 Å². The molecule has 3 rings (SSSR count). The van der Waals surface area contributed by atoms with Crippen LogP contribution < -0.4 is 9.47 Å². The van der Waals surface area contributed by atoms with E-state index in [0.717, 1.165) is 30.3 Å². The quantitative estimate of drug-likeness (QED) is 0.272. The zero-order chi connectivity index (χ0) is 24.9. The van der Waals surface area contributed by atoms with Crippen LogP contribution in [-0.4, -0.2) is 23.9 Å². The summed E-state index contributed by atoms with van der Waals surface area (Å²) in [5.74, 6) is -1.26. The van der Waals surface area contributed by atoms with Gasteiger partial charge < -0.3 is 14.6 Å². The fourth-order valence-electron chi connectivity index (χ4n) is 2.86. The average molecular weight is 482 g/mol. The summed E-state index contributed by atoms with van der Waals surface area (Å²) >= 11 is 0. The Hall–Kier alpha value is -3.95. The second-order valence-electron chi connectivity index (χ2n) is 6.95. The van der Waals surface area contributed by atoms with Crippen molar-refractivity contribution in [2.75, 3.05) is 6.67 Å². The van der Waals surface area contributed by atoms with Crippen LogP contribution in [0, 0.1) is 0 Å². The number of carboxylic acids is 1. The molecule has 3 aromatic rings. The van der Waals surface area contributed by atoms with E-state index in [1.165, 1.54) is 42.5 Å². The van der Waals surface area contributed by atoms with E-state index in [-0.39, 0.29) is 17.2 Å². The third-order valence-electron chi connectivity index (χ3n) is 4.44. The Kier molecular flexibility index (Phi) is 7.19. The Morgan fingerprint density at radius 2 is 1.44 bits per heavy atom. The van der Waals surface area contributed by atoms with Crippen LogP contribution in [0.4, 0.5) is 26.3 Å². The van der Waals surface area contributed by atoms with E-state index >= 15 is 0 Å². The van der Waals surface area contributed by atoms with Crippen LogP contribution in [-0.2, 0) is 11.0 Å². The number of alkyl halides is 6. The molecule has 10 heteroatoms. The molecule has 0 aliphatic heterocycles. The van der Waals surface area contributed by atoms with Crippen LogP contribution in [0.15, 0.2) is 72.8 Å². The van der Waals surface area contributed by atoms with E-state index in [1.54, 1.807) is 6.07 Å². The maximum absolute atomic E-state index is 13.1. The molecule has 0 heterocycles. The molecule has 0 amide bonds. The van der Waals surface area contributed by atoms with Gasteiger partial charge in [0.25, 0.3) is 0 Å². The first-order chi connectivity index (χ1) is 16.0. The molecule has 1 N–H and O–H groups in total. The molecule has 34 heavy (non-hydrogen) atoms. The lowest BCUT2D eigenvalue weighted by molar-refractivity contribution is -0.186. The number of rotatable bonds is 8. The standard InChI is InChI=1S/C24H16F6O4/c25-14-23(26,27)34-20-8-3-15(4-9-20)17-2-1-16(5-12-22(31)32)21(13-17)33-19-10-6-18(7-11-19)24(28,29)30/h1-13H,14H2,(H,31,32)/b12-5+. The van der Waals surface area contributed by atoms with Crippen molar-refractivity contribution in [1.29, 1.82) is 0 Å². The largest absolute Gasteiger partial charge is 0.478 e. The minimum Gasteiger partial charge on any atom is -0.478 e. The third-order valence-corrected chi connectivity index (χ3v) is 4.44. The Labute approximate surface area is 189 Å². The molecular weight excluding hydrogens is 466 g/mol. The van der Waals surface area contributed by atoms with Gasteiger partial charge in [-0.05, 0) is 59.7 Å². The highest BCUT2D eigenvalue weighted by Crippen LogP contribution is 2.35. The fraction of sp³-hybridized carbons (Fsp3) is 0.125. The zero-order valence-corrected chi connectivity index (χ0v) is 17.2. The van der Waals surface area contributed by atoms with Crippen molar-refractivity contribution >= 4 is 12.0 Å². The van der Waals surface area contributed by atoms with Crippen LogP contribution in [0.1, 0.15) is 11.1 Å². The van der Waals surface area contributed by atoms with Crippen LogP contribution in [0.2, 0.25) is 0 Å². The van der Waals surface area contributed by atoms with E-state index in [0.29, 0.717) is 16.7 Å². The lowest BCUT2D eigenvalue weighted by Crippen LogP contribution is -2.26. The highest BCUT2D eigenvalue weighted by Gasteiger charge is 2.31. The van der Waals surface area contributed by atoms with Gasteiger partial charge in [-0.25, -0.2) is 9.18 Å². The molecular formula is C24H16F6O4. The number of hydrogen-bond donors (Lipinski definition) is 1. The first-order valence-corrected chi connectivity index (χ1v) is 9.60. The molecule has 0 radical (unpaired) electrons. The number of carboxylic acid groups (broad SMARTS) is 1. The second kappa shape index (κ2) is 9.90. The van der Waals surface area contributed by atoms with Crippen LogP contribution in [0.25, 0.3) is 17.2 Å². The minimum atomic E-state index is -4.52. The molecule has 3 aromatic carbocycles. The van der Waals surface area contributed by atoms with Gasteiger partial charge >= 0.3 is 18.3 Å². The number of hydrogen-bond acceptors (Lipinski definition) is 3. The summed E-state index contributed by atoms with van der Waals surface area (Å²) in [5.41, 5.74) is 0.522. The second-order valence-corrected chi connectivity index (χ2v) is 6.95. The monoisotopic (exact) mass is 482 g/mol. The smallest absolute Gasteiger partial charge is 0.427 e. The number of benzene rings is 3. The van der Waals surface area contributed by atoms with Gasteiger partial charge in [0.05, 0.1) is 5.56 Å². The molecule has 0 unspecified atom stereocenters. The maximum Gasteiger partial charge on any atom is 0.427 e. The van der Waals surface area contributed by atoms with Crippen molar-refractivity contribution in [3.05, 3.63) is 83.9 Å². The van der Waals surface area contributed by atoms with Gasteiger partial charge in [-0.3, -0.25) is 0 Å². The zero-order valence-electron chi connectivity index (χ0n) is 17.2. The van der Waals surface area contributed by atoms with Crippen LogP contribution >= 0.6 is 0 Å². The minimum absolute atomic E-state index is 0.0762. The van der Waals surface area contributed by atoms with Gasteiger partial charge in [-0.15, -0.1) is 0 Å². The average Bonchev–Trinajstić information content (AvgIpc) is 2.78. The van der Waals surface area contributed by atoms with Crippen molar-refractivity contribution in [1.82, 2.24) is 0 Å². The summed E-state index contributed by atoms with van der Waals surface area (Å²) in [6.45, 7) is -1.98. The third kappa shape index (κ3) is 6.53. The summed E-state index contributed by atoms with van der Waals surface area (Å²) in [6.07, 6.45) is -6.35. The Morgan fingerprint density at radius 3 is 2.00 bits per heavy atom. The molecule has 0 spiro atoms. The van der Waals surface area contributed by atoms with E-state index in [2.05, 4.69) is 4.74 Å². The van der Waals surface area contributed by atoms with Gasteiger partial charge in [-0.2, -0.15) is 22.0 Å². The van der Waals surface area contributed by atoms with Crippen molar-refractivity contribution in [3.63, 3.8) is 0 Å². The Morgan fingerprint density at radius 1 is 0.853 bits per heavy atom. The summed E-state index contributed by atoms with van der Waals surface area (Å²) < 4.78 is 86.7. The predicted octanol–water partition coefficient (Wildman–Crippen LogP) is 7.20. The first-order valence-electron chi connectivity index (χ1n) is 9.60. The van der Waals surface area contributed by atoms with E-state index in [9.17, 15) is 31.1 Å². The van der Waals surface area contributed by atoms with Crippen molar-refractivity contribution in [3.8, 4) is 28.4 Å². The van der Waals surface area contributed by atoms with E-state index in [4.69, 9.17) is 9.84 Å². The summed E-state index contributed by atoms with van der Waals surface area (Å²) in [5, 5.41) is 8.90. The molecule has 4 nitrogen and oxygen atoms in total.